The molecule has 1 heterocycles. The van der Waals surface area contributed by atoms with E-state index >= 15 is 0 Å². The average molecular weight is 370 g/mol. The average Bonchev–Trinajstić information content (AvgIpc) is 3.25. The van der Waals surface area contributed by atoms with Crippen molar-refractivity contribution in [3.63, 3.8) is 0 Å². The van der Waals surface area contributed by atoms with Crippen molar-refractivity contribution in [1.82, 2.24) is 4.98 Å². The van der Waals surface area contributed by atoms with E-state index < -0.39 is 0 Å². The van der Waals surface area contributed by atoms with Gasteiger partial charge in [-0.1, -0.05) is 17.7 Å². The number of methoxy groups -OCH3 is 1. The van der Waals surface area contributed by atoms with Crippen molar-refractivity contribution in [2.75, 3.05) is 7.11 Å². The fourth-order valence-corrected chi connectivity index (χ4v) is 3.83. The van der Waals surface area contributed by atoms with Gasteiger partial charge in [0, 0.05) is 11.4 Å². The van der Waals surface area contributed by atoms with Crippen LogP contribution in [0.3, 0.4) is 0 Å². The van der Waals surface area contributed by atoms with Crippen LogP contribution in [-0.4, -0.2) is 26.0 Å². The van der Waals surface area contributed by atoms with E-state index in [1.807, 2.05) is 38.2 Å². The van der Waals surface area contributed by atoms with Crippen molar-refractivity contribution in [3.05, 3.63) is 46.8 Å². The number of benzene rings is 2. The summed E-state index contributed by atoms with van der Waals surface area (Å²) in [4.78, 5) is 4.58. The Hall–Kier alpha value is -2.14. The van der Waals surface area contributed by atoms with Crippen LogP contribution in [0.1, 0.15) is 37.1 Å². The maximum absolute atomic E-state index is 6.18. The van der Waals surface area contributed by atoms with Crippen molar-refractivity contribution in [1.29, 1.82) is 0 Å². The normalized spacial score (nSPS) is 14.8. The van der Waals surface area contributed by atoms with Gasteiger partial charge in [0.2, 0.25) is 0 Å². The van der Waals surface area contributed by atoms with Crippen LogP contribution in [0.25, 0.3) is 11.1 Å². The predicted molar refractivity (Wildman–Crippen MR) is 106 cm³/mol. The first-order valence-corrected chi connectivity index (χ1v) is 9.39. The van der Waals surface area contributed by atoms with Gasteiger partial charge in [0.15, 0.2) is 17.4 Å². The molecule has 0 aliphatic heterocycles. The standard InChI is InChI=1S/C20H21BClNO3/c1-24-17-7-6-12(8-18(17)25-14-4-2-3-5-14)9-19-23-16-11-13(22)10-15(21)20(16)26-19/h6-8,10-11,14H,2-5,9,21H2,1H3. The van der Waals surface area contributed by atoms with Gasteiger partial charge < -0.3 is 13.9 Å². The minimum atomic E-state index is 0.285. The quantitative estimate of drug-likeness (QED) is 0.644. The molecule has 6 heteroatoms. The number of hydrogen-bond acceptors (Lipinski definition) is 4. The van der Waals surface area contributed by atoms with E-state index in [1.165, 1.54) is 12.8 Å². The fraction of sp³-hybridized carbons (Fsp3) is 0.350. The van der Waals surface area contributed by atoms with Crippen molar-refractivity contribution < 1.29 is 13.9 Å². The number of hydrogen-bond donors (Lipinski definition) is 0. The third-order valence-corrected chi connectivity index (χ3v) is 5.08. The summed E-state index contributed by atoms with van der Waals surface area (Å²) in [5.74, 6) is 2.23. The van der Waals surface area contributed by atoms with Crippen LogP contribution in [0.5, 0.6) is 11.5 Å². The summed E-state index contributed by atoms with van der Waals surface area (Å²) in [6.45, 7) is 0. The smallest absolute Gasteiger partial charge is 0.199 e. The monoisotopic (exact) mass is 369 g/mol. The summed E-state index contributed by atoms with van der Waals surface area (Å²) in [5, 5.41) is 0.673. The Morgan fingerprint density at radius 1 is 1.19 bits per heavy atom. The highest BCUT2D eigenvalue weighted by Crippen LogP contribution is 2.33. The van der Waals surface area contributed by atoms with Gasteiger partial charge in [-0.3, -0.25) is 0 Å². The van der Waals surface area contributed by atoms with Crippen LogP contribution >= 0.6 is 11.6 Å². The lowest BCUT2D eigenvalue weighted by atomic mass is 9.95. The highest BCUT2D eigenvalue weighted by atomic mass is 35.5. The van der Waals surface area contributed by atoms with Gasteiger partial charge in [-0.15, -0.1) is 0 Å². The Morgan fingerprint density at radius 3 is 2.77 bits per heavy atom. The molecule has 3 aromatic rings. The van der Waals surface area contributed by atoms with Gasteiger partial charge in [0.25, 0.3) is 0 Å². The zero-order valence-corrected chi connectivity index (χ0v) is 15.8. The Kier molecular flexibility index (Phi) is 4.81. The summed E-state index contributed by atoms with van der Waals surface area (Å²) in [6, 6.07) is 9.73. The Bertz CT molecular complexity index is 934. The van der Waals surface area contributed by atoms with Gasteiger partial charge >= 0.3 is 0 Å². The van der Waals surface area contributed by atoms with Crippen molar-refractivity contribution in [2.24, 2.45) is 0 Å². The first-order chi connectivity index (χ1) is 12.6. The SMILES string of the molecule is Bc1cc(Cl)cc2nc(Cc3ccc(OC)c(OC4CCCC4)c3)oc12. The summed E-state index contributed by atoms with van der Waals surface area (Å²) in [5.41, 5.74) is 3.65. The number of oxazole rings is 1. The van der Waals surface area contributed by atoms with E-state index in [-0.39, 0.29) is 6.10 Å². The first-order valence-electron chi connectivity index (χ1n) is 9.01. The van der Waals surface area contributed by atoms with Crippen molar-refractivity contribution >= 4 is 36.0 Å². The van der Waals surface area contributed by atoms with Gasteiger partial charge in [0.05, 0.1) is 13.2 Å². The molecule has 134 valence electrons. The summed E-state index contributed by atoms with van der Waals surface area (Å²) < 4.78 is 17.6. The number of rotatable bonds is 5. The molecule has 1 aliphatic carbocycles. The number of fused-ring (bicyclic) bond motifs is 1. The van der Waals surface area contributed by atoms with E-state index in [2.05, 4.69) is 4.98 Å². The third kappa shape index (κ3) is 3.54. The molecular weight excluding hydrogens is 348 g/mol. The Morgan fingerprint density at radius 2 is 2.00 bits per heavy atom. The van der Waals surface area contributed by atoms with E-state index in [0.717, 1.165) is 46.5 Å². The van der Waals surface area contributed by atoms with Crippen molar-refractivity contribution in [3.8, 4) is 11.5 Å². The molecule has 0 N–H and O–H groups in total. The molecule has 0 atom stereocenters. The molecule has 26 heavy (non-hydrogen) atoms. The molecule has 1 aliphatic rings. The lowest BCUT2D eigenvalue weighted by molar-refractivity contribution is 0.200. The van der Waals surface area contributed by atoms with Gasteiger partial charge in [-0.2, -0.15) is 0 Å². The second-order valence-electron chi connectivity index (χ2n) is 6.86. The summed E-state index contributed by atoms with van der Waals surface area (Å²) >= 11 is 6.12. The van der Waals surface area contributed by atoms with Crippen LogP contribution in [0.2, 0.25) is 5.02 Å². The molecule has 2 aromatic carbocycles. The number of ether oxygens (including phenoxy) is 2. The predicted octanol–water partition coefficient (Wildman–Crippen LogP) is 3.66. The third-order valence-electron chi connectivity index (χ3n) is 4.86. The second kappa shape index (κ2) is 7.24. The number of nitrogens with zero attached hydrogens (tertiary/aromatic N) is 1. The maximum atomic E-state index is 6.18. The molecule has 1 fully saturated rings. The maximum Gasteiger partial charge on any atom is 0.199 e. The van der Waals surface area contributed by atoms with E-state index in [1.54, 1.807) is 7.11 Å². The van der Waals surface area contributed by atoms with E-state index in [4.69, 9.17) is 25.5 Å². The molecule has 0 radical (unpaired) electrons. The van der Waals surface area contributed by atoms with Gasteiger partial charge in [-0.05, 0) is 61.0 Å². The topological polar surface area (TPSA) is 44.5 Å². The summed E-state index contributed by atoms with van der Waals surface area (Å²) in [7, 11) is 3.65. The molecule has 1 aromatic heterocycles. The van der Waals surface area contributed by atoms with Crippen LogP contribution in [0.15, 0.2) is 34.7 Å². The molecule has 4 nitrogen and oxygen atoms in total. The first kappa shape index (κ1) is 17.3. The molecule has 1 saturated carbocycles. The molecule has 0 amide bonds. The molecule has 0 spiro atoms. The minimum absolute atomic E-state index is 0.285. The minimum Gasteiger partial charge on any atom is -0.493 e. The number of aromatic nitrogens is 1. The largest absolute Gasteiger partial charge is 0.493 e. The zero-order valence-electron chi connectivity index (χ0n) is 15.0. The lowest BCUT2D eigenvalue weighted by Crippen LogP contribution is -2.11. The molecule has 0 saturated heterocycles. The van der Waals surface area contributed by atoms with Crippen LogP contribution in [-0.2, 0) is 6.42 Å². The molecule has 4 rings (SSSR count). The van der Waals surface area contributed by atoms with Gasteiger partial charge in [0.1, 0.15) is 18.9 Å². The number of halogens is 1. The van der Waals surface area contributed by atoms with Crippen LogP contribution in [0.4, 0.5) is 0 Å². The summed E-state index contributed by atoms with van der Waals surface area (Å²) in [6.07, 6.45) is 5.57. The zero-order chi connectivity index (χ0) is 18.1. The van der Waals surface area contributed by atoms with E-state index in [9.17, 15) is 0 Å². The highest BCUT2D eigenvalue weighted by Gasteiger charge is 2.19. The molecule has 0 bridgehead atoms. The van der Waals surface area contributed by atoms with Crippen molar-refractivity contribution in [2.45, 2.75) is 38.2 Å². The fourth-order valence-electron chi connectivity index (χ4n) is 3.56. The second-order valence-corrected chi connectivity index (χ2v) is 7.30. The molecule has 0 unspecified atom stereocenters. The van der Waals surface area contributed by atoms with Crippen LogP contribution < -0.4 is 14.9 Å². The highest BCUT2D eigenvalue weighted by molar-refractivity contribution is 6.40. The Labute approximate surface area is 158 Å². The van der Waals surface area contributed by atoms with Gasteiger partial charge in [-0.25, -0.2) is 4.98 Å². The van der Waals surface area contributed by atoms with Crippen LogP contribution in [0, 0.1) is 0 Å². The van der Waals surface area contributed by atoms with E-state index in [0.29, 0.717) is 17.3 Å². The Balaban J connectivity index is 1.60. The lowest BCUT2D eigenvalue weighted by Gasteiger charge is -2.16. The molecular formula is C20H21BClNO3.